The predicted octanol–water partition coefficient (Wildman–Crippen LogP) is 3.47. The molecule has 3 atom stereocenters. The topological polar surface area (TPSA) is 20.2 Å². The van der Waals surface area contributed by atoms with Crippen LogP contribution in [0.25, 0.3) is 0 Å². The minimum Gasteiger partial charge on any atom is -0.396 e. The lowest BCUT2D eigenvalue weighted by molar-refractivity contribution is 0.200. The van der Waals surface area contributed by atoms with E-state index < -0.39 is 0 Å². The van der Waals surface area contributed by atoms with Crippen LogP contribution in [0.4, 0.5) is 0 Å². The maximum Gasteiger partial charge on any atom is 0.0456 e. The fourth-order valence-electron chi connectivity index (χ4n) is 1.81. The first-order valence-corrected chi connectivity index (χ1v) is 5.74. The molecule has 0 rings (SSSR count). The van der Waals surface area contributed by atoms with Gasteiger partial charge in [-0.15, -0.1) is 0 Å². The van der Waals surface area contributed by atoms with E-state index in [0.29, 0.717) is 12.5 Å². The molecule has 3 unspecified atom stereocenters. The van der Waals surface area contributed by atoms with E-state index in [0.717, 1.165) is 11.8 Å². The zero-order chi connectivity index (χ0) is 10.3. The smallest absolute Gasteiger partial charge is 0.0456 e. The highest BCUT2D eigenvalue weighted by Gasteiger charge is 2.13. The monoisotopic (exact) mass is 186 g/mol. The zero-order valence-corrected chi connectivity index (χ0v) is 9.71. The van der Waals surface area contributed by atoms with E-state index in [1.165, 1.54) is 25.7 Å². The number of rotatable bonds is 7. The Labute approximate surface area is 83.5 Å². The van der Waals surface area contributed by atoms with Gasteiger partial charge in [0.05, 0.1) is 0 Å². The Balaban J connectivity index is 3.74. The van der Waals surface area contributed by atoms with Gasteiger partial charge in [0, 0.05) is 6.61 Å². The molecule has 1 N–H and O–H groups in total. The molecule has 1 nitrogen and oxygen atoms in total. The zero-order valence-electron chi connectivity index (χ0n) is 9.71. The molecule has 0 radical (unpaired) electrons. The van der Waals surface area contributed by atoms with Crippen LogP contribution < -0.4 is 0 Å². The standard InChI is InChI=1S/C12H26O/c1-5-10(3)7-12(6-2)8-11(4)9-13/h10-13H,5-9H2,1-4H3. The van der Waals surface area contributed by atoms with Gasteiger partial charge in [0.25, 0.3) is 0 Å². The SMILES string of the molecule is CCC(C)CC(CC)CC(C)CO. The third-order valence-electron chi connectivity index (χ3n) is 3.06. The lowest BCUT2D eigenvalue weighted by Gasteiger charge is -2.21. The van der Waals surface area contributed by atoms with Crippen LogP contribution in [0.5, 0.6) is 0 Å². The van der Waals surface area contributed by atoms with Crippen LogP contribution in [0.3, 0.4) is 0 Å². The van der Waals surface area contributed by atoms with Crippen molar-refractivity contribution in [2.75, 3.05) is 6.61 Å². The van der Waals surface area contributed by atoms with Gasteiger partial charge >= 0.3 is 0 Å². The Hall–Kier alpha value is -0.0400. The highest BCUT2D eigenvalue weighted by Crippen LogP contribution is 2.24. The summed E-state index contributed by atoms with van der Waals surface area (Å²) in [5, 5.41) is 8.97. The summed E-state index contributed by atoms with van der Waals surface area (Å²) >= 11 is 0. The van der Waals surface area contributed by atoms with Gasteiger partial charge < -0.3 is 5.11 Å². The molecule has 80 valence electrons. The first-order valence-electron chi connectivity index (χ1n) is 5.74. The van der Waals surface area contributed by atoms with Gasteiger partial charge in [-0.3, -0.25) is 0 Å². The summed E-state index contributed by atoms with van der Waals surface area (Å²) in [6, 6.07) is 0. The Morgan fingerprint density at radius 2 is 1.46 bits per heavy atom. The molecule has 0 spiro atoms. The average Bonchev–Trinajstić information content (AvgIpc) is 2.16. The van der Waals surface area contributed by atoms with E-state index in [2.05, 4.69) is 27.7 Å². The van der Waals surface area contributed by atoms with Gasteiger partial charge in [-0.2, -0.15) is 0 Å². The molecule has 0 aromatic rings. The molecule has 0 heterocycles. The molecule has 0 aliphatic carbocycles. The summed E-state index contributed by atoms with van der Waals surface area (Å²) < 4.78 is 0. The number of hydrogen-bond acceptors (Lipinski definition) is 1. The Kier molecular flexibility index (Phi) is 7.35. The molecular weight excluding hydrogens is 160 g/mol. The van der Waals surface area contributed by atoms with Crippen LogP contribution in [-0.4, -0.2) is 11.7 Å². The second-order valence-electron chi connectivity index (χ2n) is 4.55. The molecule has 1 heteroatoms. The Morgan fingerprint density at radius 1 is 0.923 bits per heavy atom. The fourth-order valence-corrected chi connectivity index (χ4v) is 1.81. The van der Waals surface area contributed by atoms with Gasteiger partial charge in [-0.05, 0) is 30.6 Å². The summed E-state index contributed by atoms with van der Waals surface area (Å²) in [5.41, 5.74) is 0. The van der Waals surface area contributed by atoms with Crippen molar-refractivity contribution in [3.8, 4) is 0 Å². The summed E-state index contributed by atoms with van der Waals surface area (Å²) in [6.45, 7) is 9.33. The van der Waals surface area contributed by atoms with E-state index in [1.807, 2.05) is 0 Å². The minimum absolute atomic E-state index is 0.344. The van der Waals surface area contributed by atoms with Crippen molar-refractivity contribution in [2.24, 2.45) is 17.8 Å². The average molecular weight is 186 g/mol. The van der Waals surface area contributed by atoms with Gasteiger partial charge in [0.15, 0.2) is 0 Å². The second kappa shape index (κ2) is 7.37. The first kappa shape index (κ1) is 13.0. The van der Waals surface area contributed by atoms with Crippen molar-refractivity contribution < 1.29 is 5.11 Å². The van der Waals surface area contributed by atoms with Crippen LogP contribution in [0.15, 0.2) is 0 Å². The van der Waals surface area contributed by atoms with Crippen LogP contribution in [0.1, 0.15) is 53.4 Å². The van der Waals surface area contributed by atoms with Crippen LogP contribution in [0.2, 0.25) is 0 Å². The third kappa shape index (κ3) is 6.09. The first-order chi connectivity index (χ1) is 6.13. The van der Waals surface area contributed by atoms with E-state index in [1.54, 1.807) is 0 Å². The number of aliphatic hydroxyl groups excluding tert-OH is 1. The maximum atomic E-state index is 8.97. The van der Waals surface area contributed by atoms with Gasteiger partial charge in [0.2, 0.25) is 0 Å². The summed E-state index contributed by atoms with van der Waals surface area (Å²) in [7, 11) is 0. The predicted molar refractivity (Wildman–Crippen MR) is 58.7 cm³/mol. The van der Waals surface area contributed by atoms with Crippen LogP contribution in [-0.2, 0) is 0 Å². The van der Waals surface area contributed by atoms with E-state index in [9.17, 15) is 0 Å². The number of hydrogen-bond donors (Lipinski definition) is 1. The lowest BCUT2D eigenvalue weighted by atomic mass is 9.86. The van der Waals surface area contributed by atoms with E-state index in [4.69, 9.17) is 5.11 Å². The molecule has 0 fully saturated rings. The molecule has 0 aromatic heterocycles. The Morgan fingerprint density at radius 3 is 1.85 bits per heavy atom. The van der Waals surface area contributed by atoms with Crippen molar-refractivity contribution in [1.82, 2.24) is 0 Å². The van der Waals surface area contributed by atoms with Crippen molar-refractivity contribution in [1.29, 1.82) is 0 Å². The molecule has 0 aliphatic rings. The molecular formula is C12H26O. The van der Waals surface area contributed by atoms with Crippen LogP contribution in [0, 0.1) is 17.8 Å². The fraction of sp³-hybridized carbons (Fsp3) is 1.00. The number of aliphatic hydroxyl groups is 1. The van der Waals surface area contributed by atoms with Gasteiger partial charge in [-0.25, -0.2) is 0 Å². The molecule has 0 saturated heterocycles. The molecule has 0 aromatic carbocycles. The lowest BCUT2D eigenvalue weighted by Crippen LogP contribution is -2.11. The quantitative estimate of drug-likeness (QED) is 0.645. The summed E-state index contributed by atoms with van der Waals surface area (Å²) in [4.78, 5) is 0. The Bertz CT molecular complexity index is 99.7. The largest absolute Gasteiger partial charge is 0.396 e. The third-order valence-corrected chi connectivity index (χ3v) is 3.06. The van der Waals surface area contributed by atoms with Crippen molar-refractivity contribution in [3.63, 3.8) is 0 Å². The summed E-state index contributed by atoms with van der Waals surface area (Å²) in [6.07, 6.45) is 5.06. The highest BCUT2D eigenvalue weighted by atomic mass is 16.3. The molecule has 0 saturated carbocycles. The second-order valence-corrected chi connectivity index (χ2v) is 4.55. The highest BCUT2D eigenvalue weighted by molar-refractivity contribution is 4.64. The summed E-state index contributed by atoms with van der Waals surface area (Å²) in [5.74, 6) is 2.14. The molecule has 0 amide bonds. The molecule has 0 aliphatic heterocycles. The normalized spacial score (nSPS) is 18.2. The van der Waals surface area contributed by atoms with E-state index >= 15 is 0 Å². The minimum atomic E-state index is 0.344. The maximum absolute atomic E-state index is 8.97. The molecule has 13 heavy (non-hydrogen) atoms. The van der Waals surface area contributed by atoms with Gasteiger partial charge in [0.1, 0.15) is 0 Å². The van der Waals surface area contributed by atoms with Crippen LogP contribution >= 0.6 is 0 Å². The van der Waals surface area contributed by atoms with Gasteiger partial charge in [-0.1, -0.05) is 40.5 Å². The van der Waals surface area contributed by atoms with Crippen molar-refractivity contribution in [3.05, 3.63) is 0 Å². The van der Waals surface area contributed by atoms with E-state index in [-0.39, 0.29) is 0 Å². The van der Waals surface area contributed by atoms with Crippen molar-refractivity contribution >= 4 is 0 Å². The molecule has 0 bridgehead atoms. The van der Waals surface area contributed by atoms with Crippen molar-refractivity contribution in [2.45, 2.75) is 53.4 Å².